The van der Waals surface area contributed by atoms with Gasteiger partial charge < -0.3 is 0 Å². The van der Waals surface area contributed by atoms with Gasteiger partial charge >= 0.3 is 0 Å². The number of Topliss-reactive ketones (excluding diaryl/α,β-unsaturated/α-hetero) is 1. The van der Waals surface area contributed by atoms with Gasteiger partial charge in [0.05, 0.1) is 11.3 Å². The third kappa shape index (κ3) is 4.06. The van der Waals surface area contributed by atoms with Crippen molar-refractivity contribution in [3.63, 3.8) is 0 Å². The second-order valence-electron chi connectivity index (χ2n) is 5.11. The lowest BCUT2D eigenvalue weighted by molar-refractivity contribution is -0.115. The van der Waals surface area contributed by atoms with Crippen molar-refractivity contribution in [1.29, 1.82) is 0 Å². The normalized spacial score (nSPS) is 11.1. The number of fused-ring (bicyclic) bond motifs is 1. The number of hydrogen-bond donors (Lipinski definition) is 0. The molecule has 0 aliphatic carbocycles. The van der Waals surface area contributed by atoms with Crippen LogP contribution in [0.1, 0.15) is 19.4 Å². The van der Waals surface area contributed by atoms with E-state index in [-0.39, 0.29) is 0 Å². The zero-order valence-corrected chi connectivity index (χ0v) is 12.2. The molecule has 3 heteroatoms. The molecule has 100 valence electrons. The summed E-state index contributed by atoms with van der Waals surface area (Å²) in [6, 6.07) is 9.93. The standard InChI is InChI=1S/C16H19NOS/c1-12(2)10-19-11-14(18)9-13-7-8-17-16-6-4-3-5-15(13)16/h3-8,12H,9-11H2,1-2H3. The number of ketones is 1. The molecule has 2 aromatic rings. The van der Waals surface area contributed by atoms with Crippen LogP contribution in [-0.4, -0.2) is 22.3 Å². The number of nitrogens with zero attached hydrogens (tertiary/aromatic N) is 1. The fourth-order valence-corrected chi connectivity index (χ4v) is 2.90. The van der Waals surface area contributed by atoms with E-state index in [2.05, 4.69) is 18.8 Å². The van der Waals surface area contributed by atoms with E-state index in [1.165, 1.54) is 0 Å². The lowest BCUT2D eigenvalue weighted by Gasteiger charge is -2.06. The molecule has 1 aromatic carbocycles. The Hall–Kier alpha value is -1.35. The van der Waals surface area contributed by atoms with Gasteiger partial charge in [-0.05, 0) is 29.4 Å². The van der Waals surface area contributed by atoms with Crippen LogP contribution < -0.4 is 0 Å². The smallest absolute Gasteiger partial charge is 0.147 e. The maximum Gasteiger partial charge on any atom is 0.147 e. The van der Waals surface area contributed by atoms with Crippen LogP contribution in [0.25, 0.3) is 10.9 Å². The van der Waals surface area contributed by atoms with Crippen LogP contribution in [0.3, 0.4) is 0 Å². The van der Waals surface area contributed by atoms with Crippen molar-refractivity contribution in [1.82, 2.24) is 4.98 Å². The average Bonchev–Trinajstić information content (AvgIpc) is 2.39. The van der Waals surface area contributed by atoms with Crippen LogP contribution in [0.4, 0.5) is 0 Å². The summed E-state index contributed by atoms with van der Waals surface area (Å²) >= 11 is 1.73. The molecule has 19 heavy (non-hydrogen) atoms. The Bertz CT molecular complexity index is 560. The maximum absolute atomic E-state index is 12.0. The molecule has 0 saturated heterocycles. The number of hydrogen-bond acceptors (Lipinski definition) is 3. The van der Waals surface area contributed by atoms with Crippen molar-refractivity contribution in [3.8, 4) is 0 Å². The van der Waals surface area contributed by atoms with Gasteiger partial charge in [0, 0.05) is 18.0 Å². The molecule has 1 aromatic heterocycles. The Balaban J connectivity index is 2.03. The third-order valence-corrected chi connectivity index (χ3v) is 4.27. The highest BCUT2D eigenvalue weighted by molar-refractivity contribution is 7.99. The Morgan fingerprint density at radius 3 is 2.84 bits per heavy atom. The molecule has 0 spiro atoms. The van der Waals surface area contributed by atoms with Gasteiger partial charge in [-0.2, -0.15) is 11.8 Å². The van der Waals surface area contributed by atoms with Crippen molar-refractivity contribution in [3.05, 3.63) is 42.1 Å². The molecule has 0 saturated carbocycles. The summed E-state index contributed by atoms with van der Waals surface area (Å²) < 4.78 is 0. The first kappa shape index (κ1) is 14.1. The summed E-state index contributed by atoms with van der Waals surface area (Å²) in [5.74, 6) is 2.58. The molecule has 0 atom stereocenters. The molecule has 2 nitrogen and oxygen atoms in total. The summed E-state index contributed by atoms with van der Waals surface area (Å²) in [5.41, 5.74) is 2.04. The fourth-order valence-electron chi connectivity index (χ4n) is 1.98. The Morgan fingerprint density at radius 2 is 2.05 bits per heavy atom. The van der Waals surface area contributed by atoms with Gasteiger partial charge in [-0.1, -0.05) is 32.0 Å². The van der Waals surface area contributed by atoms with Gasteiger partial charge in [-0.25, -0.2) is 0 Å². The zero-order chi connectivity index (χ0) is 13.7. The number of carbonyl (C=O) groups excluding carboxylic acids is 1. The number of carbonyl (C=O) groups is 1. The van der Waals surface area contributed by atoms with Crippen LogP contribution in [0.5, 0.6) is 0 Å². The van der Waals surface area contributed by atoms with Crippen LogP contribution in [-0.2, 0) is 11.2 Å². The summed E-state index contributed by atoms with van der Waals surface area (Å²) in [6.07, 6.45) is 2.29. The molecule has 0 unspecified atom stereocenters. The molecule has 0 radical (unpaired) electrons. The van der Waals surface area contributed by atoms with Crippen LogP contribution in [0.2, 0.25) is 0 Å². The maximum atomic E-state index is 12.0. The minimum absolute atomic E-state index is 0.294. The van der Waals surface area contributed by atoms with E-state index >= 15 is 0 Å². The number of para-hydroxylation sites is 1. The summed E-state index contributed by atoms with van der Waals surface area (Å²) in [6.45, 7) is 4.35. The van der Waals surface area contributed by atoms with E-state index in [4.69, 9.17) is 0 Å². The highest BCUT2D eigenvalue weighted by Crippen LogP contribution is 2.17. The van der Waals surface area contributed by atoms with Crippen LogP contribution in [0.15, 0.2) is 36.5 Å². The van der Waals surface area contributed by atoms with Gasteiger partial charge in [0.2, 0.25) is 0 Å². The average molecular weight is 273 g/mol. The number of rotatable bonds is 6. The SMILES string of the molecule is CC(C)CSCC(=O)Cc1ccnc2ccccc12. The number of pyridine rings is 1. The van der Waals surface area contributed by atoms with Crippen molar-refractivity contribution < 1.29 is 4.79 Å². The third-order valence-electron chi connectivity index (χ3n) is 2.84. The van der Waals surface area contributed by atoms with Gasteiger partial charge in [0.1, 0.15) is 5.78 Å². The molecular weight excluding hydrogens is 254 g/mol. The second kappa shape index (κ2) is 6.71. The predicted octanol–water partition coefficient (Wildman–Crippen LogP) is 3.74. The van der Waals surface area contributed by atoms with Gasteiger partial charge in [0.15, 0.2) is 0 Å². The molecule has 2 rings (SSSR count). The Morgan fingerprint density at radius 1 is 1.26 bits per heavy atom. The van der Waals surface area contributed by atoms with Gasteiger partial charge in [-0.3, -0.25) is 9.78 Å². The quantitative estimate of drug-likeness (QED) is 0.803. The number of thioether (sulfide) groups is 1. The first-order valence-electron chi connectivity index (χ1n) is 6.59. The lowest BCUT2D eigenvalue weighted by Crippen LogP contribution is -2.07. The van der Waals surface area contributed by atoms with Crippen molar-refractivity contribution in [2.45, 2.75) is 20.3 Å². The molecule has 0 aliphatic heterocycles. The van der Waals surface area contributed by atoms with Crippen molar-refractivity contribution in [2.75, 3.05) is 11.5 Å². The minimum atomic E-state index is 0.294. The summed E-state index contributed by atoms with van der Waals surface area (Å²) in [7, 11) is 0. The fraction of sp³-hybridized carbons (Fsp3) is 0.375. The molecule has 0 fully saturated rings. The Kier molecular flexibility index (Phi) is 4.97. The second-order valence-corrected chi connectivity index (χ2v) is 6.14. The van der Waals surface area contributed by atoms with Crippen LogP contribution in [0, 0.1) is 5.92 Å². The summed E-state index contributed by atoms with van der Waals surface area (Å²) in [4.78, 5) is 16.3. The van der Waals surface area contributed by atoms with E-state index in [0.717, 1.165) is 22.2 Å². The largest absolute Gasteiger partial charge is 0.298 e. The van der Waals surface area contributed by atoms with E-state index in [9.17, 15) is 4.79 Å². The van der Waals surface area contributed by atoms with Crippen LogP contribution >= 0.6 is 11.8 Å². The molecule has 0 N–H and O–H groups in total. The predicted molar refractivity (Wildman–Crippen MR) is 82.6 cm³/mol. The first-order valence-corrected chi connectivity index (χ1v) is 7.74. The van der Waals surface area contributed by atoms with Crippen molar-refractivity contribution >= 4 is 28.4 Å². The highest BCUT2D eigenvalue weighted by atomic mass is 32.2. The van der Waals surface area contributed by atoms with E-state index in [1.807, 2.05) is 30.3 Å². The van der Waals surface area contributed by atoms with Crippen molar-refractivity contribution in [2.24, 2.45) is 5.92 Å². The summed E-state index contributed by atoms with van der Waals surface area (Å²) in [5, 5.41) is 1.09. The molecule has 1 heterocycles. The number of benzene rings is 1. The Labute approximate surface area is 118 Å². The molecule has 0 bridgehead atoms. The monoisotopic (exact) mass is 273 g/mol. The van der Waals surface area contributed by atoms with E-state index in [0.29, 0.717) is 23.9 Å². The first-order chi connectivity index (χ1) is 9.16. The minimum Gasteiger partial charge on any atom is -0.298 e. The topological polar surface area (TPSA) is 30.0 Å². The van der Waals surface area contributed by atoms with E-state index in [1.54, 1.807) is 18.0 Å². The molecular formula is C16H19NOS. The molecule has 0 aliphatic rings. The lowest BCUT2D eigenvalue weighted by atomic mass is 10.0. The number of aromatic nitrogens is 1. The van der Waals surface area contributed by atoms with Gasteiger partial charge in [-0.15, -0.1) is 0 Å². The van der Waals surface area contributed by atoms with Gasteiger partial charge in [0.25, 0.3) is 0 Å². The van der Waals surface area contributed by atoms with E-state index < -0.39 is 0 Å². The zero-order valence-electron chi connectivity index (χ0n) is 11.4. The molecule has 0 amide bonds. The highest BCUT2D eigenvalue weighted by Gasteiger charge is 2.08.